The Bertz CT molecular complexity index is 1090. The molecule has 0 radical (unpaired) electrons. The average molecular weight is 494 g/mol. The van der Waals surface area contributed by atoms with Crippen LogP contribution in [0.2, 0.25) is 10.0 Å². The highest BCUT2D eigenvalue weighted by molar-refractivity contribution is 7.15. The van der Waals surface area contributed by atoms with Gasteiger partial charge in [0.1, 0.15) is 4.88 Å². The topological polar surface area (TPSA) is 62.0 Å². The monoisotopic (exact) mass is 493 g/mol. The third-order valence-corrected chi connectivity index (χ3v) is 6.86. The predicted molar refractivity (Wildman–Crippen MR) is 131 cm³/mol. The zero-order valence-electron chi connectivity index (χ0n) is 18.6. The zero-order valence-corrected chi connectivity index (χ0v) is 20.9. The van der Waals surface area contributed by atoms with Gasteiger partial charge in [0, 0.05) is 29.3 Å². The summed E-state index contributed by atoms with van der Waals surface area (Å²) in [4.78, 5) is 29.6. The first kappa shape index (κ1) is 24.6. The Morgan fingerprint density at radius 3 is 2.41 bits per heavy atom. The molecule has 1 amide bonds. The number of anilines is 1. The molecule has 8 heteroatoms. The van der Waals surface area contributed by atoms with Crippen molar-refractivity contribution < 1.29 is 19.6 Å². The van der Waals surface area contributed by atoms with E-state index in [2.05, 4.69) is 18.9 Å². The summed E-state index contributed by atoms with van der Waals surface area (Å²) >= 11 is 13.5. The summed E-state index contributed by atoms with van der Waals surface area (Å²) in [7, 11) is 2.12. The van der Waals surface area contributed by atoms with Crippen LogP contribution in [0.3, 0.4) is 0 Å². The van der Waals surface area contributed by atoms with Crippen LogP contribution in [0.15, 0.2) is 24.3 Å². The van der Waals surface area contributed by atoms with E-state index in [4.69, 9.17) is 23.2 Å². The summed E-state index contributed by atoms with van der Waals surface area (Å²) in [5.41, 5.74) is 0.449. The lowest BCUT2D eigenvalue weighted by molar-refractivity contribution is -0.884. The Balaban J connectivity index is 2.12. The minimum atomic E-state index is -1.08. The smallest absolute Gasteiger partial charge is 0.348 e. The van der Waals surface area contributed by atoms with Gasteiger partial charge in [-0.15, -0.1) is 11.3 Å². The molecule has 1 aliphatic heterocycles. The summed E-state index contributed by atoms with van der Waals surface area (Å²) < 4.78 is 0. The molecular formula is C24H27Cl2N2O3S+. The van der Waals surface area contributed by atoms with E-state index in [1.54, 1.807) is 23.1 Å². The Morgan fingerprint density at radius 1 is 1.19 bits per heavy atom. The standard InChI is InChI=1S/C24H26Cl2N2O3S/c1-24(2,3)10-7-17-14-20(21(32-17)23(30)31)28(16-8-11-27(4)12-9-16)22(29)18-6-5-15(25)13-19(18)26/h5-6,13-14,16H,8-9,11-12H2,1-4H3,(H,30,31)/p+1. The van der Waals surface area contributed by atoms with Crippen molar-refractivity contribution in [1.82, 2.24) is 0 Å². The number of nitrogens with one attached hydrogen (secondary N) is 1. The average Bonchev–Trinajstić information content (AvgIpc) is 3.12. The molecule has 1 aromatic carbocycles. The van der Waals surface area contributed by atoms with Crippen LogP contribution >= 0.6 is 34.5 Å². The second-order valence-electron chi connectivity index (χ2n) is 9.12. The van der Waals surface area contributed by atoms with Crippen LogP contribution in [0, 0.1) is 17.3 Å². The number of rotatable bonds is 4. The Morgan fingerprint density at radius 2 is 1.84 bits per heavy atom. The minimum Gasteiger partial charge on any atom is -0.477 e. The Hall–Kier alpha value is -2.04. The number of halogens is 2. The van der Waals surface area contributed by atoms with E-state index < -0.39 is 5.97 Å². The number of likely N-dealkylation sites (tertiary alicyclic amines) is 1. The fraction of sp³-hybridized carbons (Fsp3) is 0.417. The molecule has 1 aromatic heterocycles. The SMILES string of the molecule is C[NH+]1CCC(N(C(=O)c2ccc(Cl)cc2Cl)c2cc(C#CC(C)(C)C)sc2C(=O)O)CC1. The van der Waals surface area contributed by atoms with Crippen LogP contribution in [0.4, 0.5) is 5.69 Å². The number of nitrogens with zero attached hydrogens (tertiary/aromatic N) is 1. The second kappa shape index (κ2) is 9.84. The van der Waals surface area contributed by atoms with Crippen LogP contribution in [-0.4, -0.2) is 43.2 Å². The molecule has 5 nitrogen and oxygen atoms in total. The van der Waals surface area contributed by atoms with Gasteiger partial charge in [0.2, 0.25) is 0 Å². The molecule has 0 atom stereocenters. The number of carboxylic acids is 1. The summed E-state index contributed by atoms with van der Waals surface area (Å²) in [6.07, 6.45) is 1.53. The highest BCUT2D eigenvalue weighted by atomic mass is 35.5. The maximum atomic E-state index is 13.7. The molecule has 0 spiro atoms. The van der Waals surface area contributed by atoms with E-state index in [0.717, 1.165) is 37.3 Å². The van der Waals surface area contributed by atoms with E-state index in [0.29, 0.717) is 21.2 Å². The molecule has 1 fully saturated rings. The lowest BCUT2D eigenvalue weighted by Crippen LogP contribution is -3.10. The first-order chi connectivity index (χ1) is 15.0. The maximum Gasteiger partial charge on any atom is 0.348 e. The molecule has 0 aliphatic carbocycles. The van der Waals surface area contributed by atoms with Gasteiger partial charge in [-0.25, -0.2) is 4.79 Å². The molecule has 2 N–H and O–H groups in total. The van der Waals surface area contributed by atoms with E-state index in [1.165, 1.54) is 11.0 Å². The van der Waals surface area contributed by atoms with E-state index in [9.17, 15) is 14.7 Å². The molecule has 3 rings (SSSR count). The van der Waals surface area contributed by atoms with Gasteiger partial charge in [-0.05, 0) is 45.0 Å². The molecule has 2 aromatic rings. The number of hydrogen-bond acceptors (Lipinski definition) is 3. The van der Waals surface area contributed by atoms with Crippen molar-refractivity contribution >= 4 is 52.1 Å². The second-order valence-corrected chi connectivity index (χ2v) is 11.0. The van der Waals surface area contributed by atoms with Crippen molar-refractivity contribution in [2.45, 2.75) is 39.7 Å². The molecule has 170 valence electrons. The van der Waals surface area contributed by atoms with Crippen LogP contribution in [0.1, 0.15) is 58.5 Å². The Kier molecular flexibility index (Phi) is 7.57. The minimum absolute atomic E-state index is 0.105. The molecule has 0 saturated carbocycles. The maximum absolute atomic E-state index is 13.7. The van der Waals surface area contributed by atoms with Crippen molar-refractivity contribution in [2.75, 3.05) is 25.0 Å². The van der Waals surface area contributed by atoms with Gasteiger partial charge in [0.05, 0.1) is 41.3 Å². The van der Waals surface area contributed by atoms with E-state index in [-0.39, 0.29) is 27.3 Å². The van der Waals surface area contributed by atoms with Crippen molar-refractivity contribution in [3.63, 3.8) is 0 Å². The number of piperidine rings is 1. The van der Waals surface area contributed by atoms with Gasteiger partial charge in [-0.1, -0.05) is 35.0 Å². The van der Waals surface area contributed by atoms with Gasteiger partial charge in [0.15, 0.2) is 0 Å². The van der Waals surface area contributed by atoms with Crippen LogP contribution in [0.5, 0.6) is 0 Å². The molecule has 0 unspecified atom stereocenters. The number of thiophene rings is 1. The van der Waals surface area contributed by atoms with Crippen molar-refractivity contribution in [3.8, 4) is 11.8 Å². The van der Waals surface area contributed by atoms with Crippen molar-refractivity contribution in [2.24, 2.45) is 5.41 Å². The number of aromatic carboxylic acids is 1. The highest BCUT2D eigenvalue weighted by Gasteiger charge is 2.35. The molecule has 2 heterocycles. The number of quaternary nitrogens is 1. The van der Waals surface area contributed by atoms with Gasteiger partial charge < -0.3 is 14.9 Å². The van der Waals surface area contributed by atoms with Gasteiger partial charge in [0.25, 0.3) is 5.91 Å². The largest absolute Gasteiger partial charge is 0.477 e. The number of hydrogen-bond donors (Lipinski definition) is 2. The molecule has 32 heavy (non-hydrogen) atoms. The van der Waals surface area contributed by atoms with Crippen LogP contribution < -0.4 is 9.80 Å². The highest BCUT2D eigenvalue weighted by Crippen LogP contribution is 2.35. The van der Waals surface area contributed by atoms with Crippen LogP contribution in [0.25, 0.3) is 0 Å². The van der Waals surface area contributed by atoms with Gasteiger partial charge >= 0.3 is 5.97 Å². The number of carboxylic acid groups (broad SMARTS) is 1. The van der Waals surface area contributed by atoms with Gasteiger partial charge in [-0.3, -0.25) is 4.79 Å². The third-order valence-electron chi connectivity index (χ3n) is 5.28. The zero-order chi connectivity index (χ0) is 23.6. The quantitative estimate of drug-likeness (QED) is 0.617. The lowest BCUT2D eigenvalue weighted by atomic mass is 9.98. The Labute approximate surface area is 202 Å². The lowest BCUT2D eigenvalue weighted by Gasteiger charge is -2.35. The summed E-state index contributed by atoms with van der Waals surface area (Å²) in [6, 6.07) is 6.32. The van der Waals surface area contributed by atoms with Crippen molar-refractivity contribution in [1.29, 1.82) is 0 Å². The third kappa shape index (κ3) is 5.85. The summed E-state index contributed by atoms with van der Waals surface area (Å²) in [6.45, 7) is 7.77. The number of benzene rings is 1. The fourth-order valence-corrected chi connectivity index (χ4v) is 4.97. The predicted octanol–water partition coefficient (Wildman–Crippen LogP) is 4.47. The van der Waals surface area contributed by atoms with E-state index in [1.807, 2.05) is 20.8 Å². The summed E-state index contributed by atoms with van der Waals surface area (Å²) in [5, 5.41) is 10.6. The molecule has 0 bridgehead atoms. The first-order valence-corrected chi connectivity index (χ1v) is 12.0. The first-order valence-electron chi connectivity index (χ1n) is 10.5. The van der Waals surface area contributed by atoms with E-state index >= 15 is 0 Å². The number of carbonyl (C=O) groups excluding carboxylic acids is 1. The number of amides is 1. The summed E-state index contributed by atoms with van der Waals surface area (Å²) in [5.74, 6) is 4.82. The number of carbonyl (C=O) groups is 2. The van der Waals surface area contributed by atoms with Crippen LogP contribution in [-0.2, 0) is 0 Å². The van der Waals surface area contributed by atoms with Crippen molar-refractivity contribution in [3.05, 3.63) is 49.6 Å². The molecule has 1 aliphatic rings. The fourth-order valence-electron chi connectivity index (χ4n) is 3.64. The normalized spacial score (nSPS) is 18.6. The van der Waals surface area contributed by atoms with Gasteiger partial charge in [-0.2, -0.15) is 0 Å². The molecule has 1 saturated heterocycles. The molecular weight excluding hydrogens is 467 g/mol.